The highest BCUT2D eigenvalue weighted by Crippen LogP contribution is 2.43. The molecule has 9 heteroatoms. The Labute approximate surface area is 201 Å². The molecule has 0 atom stereocenters. The largest absolute Gasteiger partial charge is 0.543 e. The number of halogens is 2. The molecule has 0 unspecified atom stereocenters. The number of nitrogens with one attached hydrogen (secondary N) is 1. The van der Waals surface area contributed by atoms with Crippen LogP contribution < -0.4 is 4.43 Å². The average molecular weight is 530 g/mol. The maximum absolute atomic E-state index is 13.5. The van der Waals surface area contributed by atoms with Crippen molar-refractivity contribution in [1.82, 2.24) is 14.9 Å². The normalized spacial score (nSPS) is 15.2. The number of carbonyl (C=O) groups is 2. The first-order valence-corrected chi connectivity index (χ1v) is 14.2. The van der Waals surface area contributed by atoms with E-state index in [1.807, 2.05) is 18.2 Å². The molecule has 2 aromatic heterocycles. The molecule has 3 aromatic rings. The van der Waals surface area contributed by atoms with Gasteiger partial charge in [-0.15, -0.1) is 0 Å². The molecule has 2 amide bonds. The second kappa shape index (κ2) is 7.91. The third kappa shape index (κ3) is 3.93. The lowest BCUT2D eigenvalue weighted by Gasteiger charge is -2.36. The van der Waals surface area contributed by atoms with Crippen molar-refractivity contribution in [3.05, 3.63) is 52.4 Å². The number of rotatable bonds is 4. The molecule has 0 saturated carbocycles. The molecule has 6 nitrogen and oxygen atoms in total. The SMILES string of the molecule is CN1C(=O)C(Br)=C(c2c(-c3ccc(F)cn3)[nH]c3ccc(O[Si](C)(C)C(C)(C)C)cc23)C1=O. The lowest BCUT2D eigenvalue weighted by atomic mass is 10.00. The van der Waals surface area contributed by atoms with Gasteiger partial charge in [0.05, 0.1) is 27.6 Å². The van der Waals surface area contributed by atoms with Crippen LogP contribution in [0.15, 0.2) is 41.0 Å². The lowest BCUT2D eigenvalue weighted by Crippen LogP contribution is -2.43. The van der Waals surface area contributed by atoms with Crippen molar-refractivity contribution in [1.29, 1.82) is 0 Å². The van der Waals surface area contributed by atoms with Crippen molar-refractivity contribution in [3.63, 3.8) is 0 Å². The number of aromatic nitrogens is 2. The molecule has 0 saturated heterocycles. The molecule has 1 aliphatic heterocycles. The summed E-state index contributed by atoms with van der Waals surface area (Å²) in [5.41, 5.74) is 2.49. The number of nitrogens with zero attached hydrogens (tertiary/aromatic N) is 2. The van der Waals surface area contributed by atoms with Gasteiger partial charge >= 0.3 is 0 Å². The molecule has 1 aromatic carbocycles. The molecule has 172 valence electrons. The molecule has 4 rings (SSSR count). The van der Waals surface area contributed by atoms with Crippen LogP contribution in [-0.4, -0.2) is 42.0 Å². The van der Waals surface area contributed by atoms with E-state index in [1.54, 1.807) is 0 Å². The molecule has 0 aliphatic carbocycles. The molecule has 33 heavy (non-hydrogen) atoms. The Bertz CT molecular complexity index is 1320. The fourth-order valence-electron chi connectivity index (χ4n) is 3.48. The molecule has 1 N–H and O–H groups in total. The van der Waals surface area contributed by atoms with E-state index in [9.17, 15) is 14.0 Å². The van der Waals surface area contributed by atoms with Crippen LogP contribution in [0.25, 0.3) is 27.9 Å². The van der Waals surface area contributed by atoms with E-state index in [-0.39, 0.29) is 15.1 Å². The minimum absolute atomic E-state index is 0.00817. The van der Waals surface area contributed by atoms with Gasteiger partial charge in [0.1, 0.15) is 11.6 Å². The van der Waals surface area contributed by atoms with Gasteiger partial charge in [-0.3, -0.25) is 19.5 Å². The smallest absolute Gasteiger partial charge is 0.268 e. The van der Waals surface area contributed by atoms with E-state index in [1.165, 1.54) is 19.2 Å². The summed E-state index contributed by atoms with van der Waals surface area (Å²) in [7, 11) is -0.669. The van der Waals surface area contributed by atoms with Gasteiger partial charge < -0.3 is 9.41 Å². The number of aromatic amines is 1. The fourth-order valence-corrected chi connectivity index (χ4v) is 5.14. The Morgan fingerprint density at radius 2 is 1.82 bits per heavy atom. The maximum Gasteiger partial charge on any atom is 0.268 e. The van der Waals surface area contributed by atoms with Crippen molar-refractivity contribution >= 4 is 52.5 Å². The number of hydrogen-bond acceptors (Lipinski definition) is 4. The summed E-state index contributed by atoms with van der Waals surface area (Å²) < 4.78 is 20.2. The van der Waals surface area contributed by atoms with Crippen molar-refractivity contribution in [3.8, 4) is 17.1 Å². The van der Waals surface area contributed by atoms with Crippen LogP contribution in [0.4, 0.5) is 4.39 Å². The Hall–Kier alpha value is -2.78. The number of pyridine rings is 1. The van der Waals surface area contributed by atoms with E-state index in [4.69, 9.17) is 4.43 Å². The van der Waals surface area contributed by atoms with Gasteiger partial charge in [-0.2, -0.15) is 0 Å². The molecule has 0 fully saturated rings. The summed E-state index contributed by atoms with van der Waals surface area (Å²) >= 11 is 3.32. The highest BCUT2D eigenvalue weighted by molar-refractivity contribution is 9.12. The number of H-pyrrole nitrogens is 1. The maximum atomic E-state index is 13.5. The second-order valence-electron chi connectivity index (χ2n) is 9.66. The lowest BCUT2D eigenvalue weighted by molar-refractivity contribution is -0.134. The first-order chi connectivity index (χ1) is 15.3. The Morgan fingerprint density at radius 3 is 2.36 bits per heavy atom. The van der Waals surface area contributed by atoms with Crippen LogP contribution in [0.1, 0.15) is 26.3 Å². The summed E-state index contributed by atoms with van der Waals surface area (Å²) in [6, 6.07) is 8.50. The van der Waals surface area contributed by atoms with E-state index in [0.717, 1.165) is 22.0 Å². The number of benzene rings is 1. The zero-order valence-electron chi connectivity index (χ0n) is 19.3. The Morgan fingerprint density at radius 1 is 1.12 bits per heavy atom. The average Bonchev–Trinajstić information content (AvgIpc) is 3.18. The van der Waals surface area contributed by atoms with Crippen molar-refractivity contribution in [2.24, 2.45) is 0 Å². The molecule has 0 spiro atoms. The van der Waals surface area contributed by atoms with Crippen molar-refractivity contribution in [2.45, 2.75) is 38.9 Å². The van der Waals surface area contributed by atoms with Gasteiger partial charge in [0.2, 0.25) is 8.32 Å². The topological polar surface area (TPSA) is 75.3 Å². The molecule has 3 heterocycles. The summed E-state index contributed by atoms with van der Waals surface area (Å²) in [5.74, 6) is -0.619. The van der Waals surface area contributed by atoms with Crippen LogP contribution in [0.3, 0.4) is 0 Å². The standard InChI is InChI=1S/C24H25BrFN3O3Si/c1-24(2,3)33(5,6)32-14-8-10-16-15(11-14)18(19-20(25)23(31)29(4)22(19)30)21(28-16)17-9-7-13(26)12-27-17/h7-12,28H,1-6H3. The first kappa shape index (κ1) is 23.4. The third-order valence-electron chi connectivity index (χ3n) is 6.41. The second-order valence-corrected chi connectivity index (χ2v) is 15.2. The molecule has 0 radical (unpaired) electrons. The van der Waals surface area contributed by atoms with Crippen molar-refractivity contribution < 1.29 is 18.4 Å². The zero-order valence-corrected chi connectivity index (χ0v) is 21.9. The van der Waals surface area contributed by atoms with Crippen molar-refractivity contribution in [2.75, 3.05) is 7.05 Å². The van der Waals surface area contributed by atoms with Gasteiger partial charge in [-0.1, -0.05) is 20.8 Å². The third-order valence-corrected chi connectivity index (χ3v) is 11.5. The van der Waals surface area contributed by atoms with E-state index < -0.39 is 25.9 Å². The minimum Gasteiger partial charge on any atom is -0.543 e. The van der Waals surface area contributed by atoms with Crippen LogP contribution in [0, 0.1) is 5.82 Å². The van der Waals surface area contributed by atoms with Crippen LogP contribution >= 0.6 is 15.9 Å². The predicted octanol–water partition coefficient (Wildman–Crippen LogP) is 5.86. The van der Waals surface area contributed by atoms with Gasteiger partial charge in [0.25, 0.3) is 11.8 Å². The minimum atomic E-state index is -2.11. The molecule has 1 aliphatic rings. The van der Waals surface area contributed by atoms with E-state index in [0.29, 0.717) is 22.7 Å². The summed E-state index contributed by atoms with van der Waals surface area (Å²) in [4.78, 5) is 34.1. The number of amides is 2. The highest BCUT2D eigenvalue weighted by Gasteiger charge is 2.40. The number of imide groups is 1. The predicted molar refractivity (Wildman–Crippen MR) is 133 cm³/mol. The number of carbonyl (C=O) groups excluding carboxylic acids is 2. The van der Waals surface area contributed by atoms with Crippen LogP contribution in [-0.2, 0) is 9.59 Å². The number of likely N-dealkylation sites (N-methyl/N-ethyl adjacent to an activating group) is 1. The van der Waals surface area contributed by atoms with Gasteiger partial charge in [0.15, 0.2) is 0 Å². The fraction of sp³-hybridized carbons (Fsp3) is 0.292. The van der Waals surface area contributed by atoms with Gasteiger partial charge in [0, 0.05) is 23.5 Å². The van der Waals surface area contributed by atoms with E-state index in [2.05, 4.69) is 59.8 Å². The first-order valence-electron chi connectivity index (χ1n) is 10.5. The van der Waals surface area contributed by atoms with Crippen LogP contribution in [0.5, 0.6) is 5.75 Å². The summed E-state index contributed by atoms with van der Waals surface area (Å²) in [6.45, 7) is 10.8. The van der Waals surface area contributed by atoms with E-state index >= 15 is 0 Å². The Kier molecular flexibility index (Phi) is 5.61. The van der Waals surface area contributed by atoms with Crippen LogP contribution in [0.2, 0.25) is 18.1 Å². The van der Waals surface area contributed by atoms with Gasteiger partial charge in [-0.05, 0) is 64.4 Å². The zero-order chi connectivity index (χ0) is 24.3. The number of hydrogen-bond donors (Lipinski definition) is 1. The number of fused-ring (bicyclic) bond motifs is 1. The quantitative estimate of drug-likeness (QED) is 0.339. The highest BCUT2D eigenvalue weighted by atomic mass is 79.9. The Balaban J connectivity index is 1.97. The summed E-state index contributed by atoms with van der Waals surface area (Å²) in [6.07, 6.45) is 1.12. The van der Waals surface area contributed by atoms with Gasteiger partial charge in [-0.25, -0.2) is 4.39 Å². The molecular weight excluding hydrogens is 505 g/mol. The summed E-state index contributed by atoms with van der Waals surface area (Å²) in [5, 5.41) is 0.726. The molecular formula is C24H25BrFN3O3Si. The monoisotopic (exact) mass is 529 g/mol. The molecule has 0 bridgehead atoms.